The molecule has 0 bridgehead atoms. The van der Waals surface area contributed by atoms with Crippen molar-refractivity contribution in [3.05, 3.63) is 0 Å². The monoisotopic (exact) mass is 180 g/mol. The van der Waals surface area contributed by atoms with Crippen LogP contribution in [-0.4, -0.2) is 38.7 Å². The zero-order valence-electron chi connectivity index (χ0n) is 7.08. The van der Waals surface area contributed by atoms with Crippen molar-refractivity contribution in [3.63, 3.8) is 0 Å². The summed E-state index contributed by atoms with van der Waals surface area (Å²) in [7, 11) is -3.28. The van der Waals surface area contributed by atoms with Gasteiger partial charge in [-0.1, -0.05) is 13.8 Å². The van der Waals surface area contributed by atoms with Crippen LogP contribution in [0.3, 0.4) is 0 Å². The molecule has 0 fully saturated rings. The quantitative estimate of drug-likeness (QED) is 0.627. The molecule has 0 heterocycles. The van der Waals surface area contributed by atoms with Gasteiger partial charge >= 0.3 is 0 Å². The fourth-order valence-electron chi connectivity index (χ4n) is 0.796. The van der Waals surface area contributed by atoms with Gasteiger partial charge in [-0.3, -0.25) is 0 Å². The third-order valence-electron chi connectivity index (χ3n) is 1.59. The van der Waals surface area contributed by atoms with Gasteiger partial charge < -0.3 is 4.90 Å². The van der Waals surface area contributed by atoms with E-state index < -0.39 is 10.0 Å². The van der Waals surface area contributed by atoms with Gasteiger partial charge in [0.2, 0.25) is 10.0 Å². The maximum atomic E-state index is 10.5. The first-order valence-corrected chi connectivity index (χ1v) is 5.44. The first-order valence-electron chi connectivity index (χ1n) is 3.72. The van der Waals surface area contributed by atoms with Crippen LogP contribution < -0.4 is 5.14 Å². The Kier molecular flexibility index (Phi) is 4.63. The molecule has 0 aliphatic carbocycles. The molecule has 0 atom stereocenters. The van der Waals surface area contributed by atoms with E-state index in [4.69, 9.17) is 5.14 Å². The maximum absolute atomic E-state index is 10.5. The fraction of sp³-hybridized carbons (Fsp3) is 1.00. The van der Waals surface area contributed by atoms with Crippen molar-refractivity contribution in [1.82, 2.24) is 4.90 Å². The molecule has 0 aromatic heterocycles. The van der Waals surface area contributed by atoms with E-state index in [0.717, 1.165) is 13.1 Å². The Morgan fingerprint density at radius 3 is 2.00 bits per heavy atom. The van der Waals surface area contributed by atoms with Gasteiger partial charge in [-0.05, 0) is 13.1 Å². The molecule has 0 aromatic rings. The second-order valence-corrected chi connectivity index (χ2v) is 4.13. The molecule has 0 radical (unpaired) electrons. The molecule has 2 N–H and O–H groups in total. The van der Waals surface area contributed by atoms with Crippen molar-refractivity contribution in [2.75, 3.05) is 25.4 Å². The number of hydrogen-bond acceptors (Lipinski definition) is 3. The van der Waals surface area contributed by atoms with Crippen molar-refractivity contribution in [3.8, 4) is 0 Å². The number of primary sulfonamides is 1. The zero-order valence-corrected chi connectivity index (χ0v) is 7.89. The van der Waals surface area contributed by atoms with Crippen LogP contribution >= 0.6 is 0 Å². The Hall–Kier alpha value is -0.130. The van der Waals surface area contributed by atoms with E-state index in [0.29, 0.717) is 6.54 Å². The zero-order chi connectivity index (χ0) is 8.91. The molecule has 0 rings (SSSR count). The Morgan fingerprint density at radius 1 is 1.27 bits per heavy atom. The molecule has 4 nitrogen and oxygen atoms in total. The molecule has 0 aliphatic rings. The largest absolute Gasteiger partial charge is 0.303 e. The van der Waals surface area contributed by atoms with Gasteiger partial charge in [0.15, 0.2) is 0 Å². The molecule has 5 heteroatoms. The minimum atomic E-state index is -3.28. The van der Waals surface area contributed by atoms with Crippen LogP contribution in [0.2, 0.25) is 0 Å². The summed E-state index contributed by atoms with van der Waals surface area (Å²) in [6, 6.07) is 0. The molecule has 0 saturated carbocycles. The lowest BCUT2D eigenvalue weighted by atomic mass is 10.5. The van der Waals surface area contributed by atoms with Crippen LogP contribution in [0.25, 0.3) is 0 Å². The number of sulfonamides is 1. The normalized spacial score (nSPS) is 12.4. The van der Waals surface area contributed by atoms with E-state index in [1.54, 1.807) is 0 Å². The highest BCUT2D eigenvalue weighted by atomic mass is 32.2. The summed E-state index contributed by atoms with van der Waals surface area (Å²) in [6.07, 6.45) is 0. The van der Waals surface area contributed by atoms with E-state index in [1.807, 2.05) is 18.7 Å². The summed E-state index contributed by atoms with van der Waals surface area (Å²) in [6.45, 7) is 6.25. The fourth-order valence-corrected chi connectivity index (χ4v) is 1.31. The summed E-state index contributed by atoms with van der Waals surface area (Å²) in [4.78, 5) is 2.02. The lowest BCUT2D eigenvalue weighted by Gasteiger charge is -2.16. The topological polar surface area (TPSA) is 63.4 Å². The first-order chi connectivity index (χ1) is 4.99. The van der Waals surface area contributed by atoms with Crippen molar-refractivity contribution in [1.29, 1.82) is 0 Å². The highest BCUT2D eigenvalue weighted by Crippen LogP contribution is 1.87. The summed E-state index contributed by atoms with van der Waals surface area (Å²) in [5.41, 5.74) is 0. The van der Waals surface area contributed by atoms with Gasteiger partial charge in [-0.15, -0.1) is 0 Å². The average molecular weight is 180 g/mol. The highest BCUT2D eigenvalue weighted by Gasteiger charge is 2.05. The van der Waals surface area contributed by atoms with Crippen LogP contribution in [-0.2, 0) is 10.0 Å². The molecule has 0 aliphatic heterocycles. The Morgan fingerprint density at radius 2 is 1.73 bits per heavy atom. The van der Waals surface area contributed by atoms with E-state index in [-0.39, 0.29) is 5.75 Å². The minimum Gasteiger partial charge on any atom is -0.303 e. The van der Waals surface area contributed by atoms with Gasteiger partial charge in [0, 0.05) is 6.54 Å². The van der Waals surface area contributed by atoms with Crippen molar-refractivity contribution >= 4 is 10.0 Å². The smallest absolute Gasteiger partial charge is 0.210 e. The SMILES string of the molecule is CCN(CC)CCS(N)(=O)=O. The van der Waals surface area contributed by atoms with Crippen LogP contribution in [0.4, 0.5) is 0 Å². The van der Waals surface area contributed by atoms with Gasteiger partial charge in [-0.25, -0.2) is 13.6 Å². The standard InChI is InChI=1S/C6H16N2O2S/c1-3-8(4-2)5-6-11(7,9)10/h3-6H2,1-2H3,(H2,7,9,10). The number of hydrogen-bond donors (Lipinski definition) is 1. The molecule has 11 heavy (non-hydrogen) atoms. The molecule has 0 aromatic carbocycles. The summed E-state index contributed by atoms with van der Waals surface area (Å²) >= 11 is 0. The maximum Gasteiger partial charge on any atom is 0.210 e. The van der Waals surface area contributed by atoms with E-state index in [1.165, 1.54) is 0 Å². The summed E-state index contributed by atoms with van der Waals surface area (Å²) in [5, 5.41) is 4.84. The molecular weight excluding hydrogens is 164 g/mol. The van der Waals surface area contributed by atoms with Gasteiger partial charge in [-0.2, -0.15) is 0 Å². The van der Waals surface area contributed by atoms with Crippen molar-refractivity contribution < 1.29 is 8.42 Å². The Labute approximate surface area is 68.4 Å². The first kappa shape index (κ1) is 10.9. The molecule has 0 spiro atoms. The predicted molar refractivity (Wildman–Crippen MR) is 45.8 cm³/mol. The highest BCUT2D eigenvalue weighted by molar-refractivity contribution is 7.89. The minimum absolute atomic E-state index is 0.0503. The summed E-state index contributed by atoms with van der Waals surface area (Å²) in [5.74, 6) is 0.0503. The lowest BCUT2D eigenvalue weighted by molar-refractivity contribution is 0.322. The van der Waals surface area contributed by atoms with Crippen LogP contribution in [0.5, 0.6) is 0 Å². The van der Waals surface area contributed by atoms with Gasteiger partial charge in [0.05, 0.1) is 5.75 Å². The third-order valence-corrected chi connectivity index (χ3v) is 2.34. The molecule has 0 unspecified atom stereocenters. The number of rotatable bonds is 5. The van der Waals surface area contributed by atoms with Crippen LogP contribution in [0.15, 0.2) is 0 Å². The van der Waals surface area contributed by atoms with E-state index in [2.05, 4.69) is 0 Å². The van der Waals surface area contributed by atoms with E-state index in [9.17, 15) is 8.42 Å². The van der Waals surface area contributed by atoms with Crippen LogP contribution in [0.1, 0.15) is 13.8 Å². The number of nitrogens with two attached hydrogens (primary N) is 1. The Bertz CT molecular complexity index is 185. The number of nitrogens with zero attached hydrogens (tertiary/aromatic N) is 1. The average Bonchev–Trinajstić information content (AvgIpc) is 1.88. The van der Waals surface area contributed by atoms with Gasteiger partial charge in [0.1, 0.15) is 0 Å². The van der Waals surface area contributed by atoms with E-state index >= 15 is 0 Å². The van der Waals surface area contributed by atoms with Gasteiger partial charge in [0.25, 0.3) is 0 Å². The van der Waals surface area contributed by atoms with Crippen molar-refractivity contribution in [2.45, 2.75) is 13.8 Å². The summed E-state index contributed by atoms with van der Waals surface area (Å²) < 4.78 is 21.0. The second-order valence-electron chi connectivity index (χ2n) is 2.39. The van der Waals surface area contributed by atoms with Crippen LogP contribution in [0, 0.1) is 0 Å². The predicted octanol–water partition coefficient (Wildman–Crippen LogP) is -0.383. The third kappa shape index (κ3) is 6.28. The Balaban J connectivity index is 3.69. The second kappa shape index (κ2) is 4.69. The molecule has 0 saturated heterocycles. The molecule has 0 amide bonds. The molecule has 68 valence electrons. The lowest BCUT2D eigenvalue weighted by Crippen LogP contribution is -2.31. The van der Waals surface area contributed by atoms with Crippen molar-refractivity contribution in [2.24, 2.45) is 5.14 Å². The molecular formula is C6H16N2O2S.